The first kappa shape index (κ1) is 28.9. The number of carbonyl (C=O) groups excluding carboxylic acids is 1. The highest BCUT2D eigenvalue weighted by molar-refractivity contribution is 7.99. The number of esters is 1. The number of thioether (sulfide) groups is 1. The summed E-state index contributed by atoms with van der Waals surface area (Å²) in [5.41, 5.74) is 9.00. The SMILES string of the molecule is CCO.CCOC(=O)C1=C(CSc2nc(-c3ccccc3)ccc2C#N)OC(N)=C(C#N)C1c1cccnc1. The molecule has 3 heterocycles. The van der Waals surface area contributed by atoms with E-state index < -0.39 is 11.9 Å². The zero-order chi connectivity index (χ0) is 28.2. The minimum atomic E-state index is -0.800. The number of nitrogens with two attached hydrogens (primary N) is 1. The van der Waals surface area contributed by atoms with Crippen LogP contribution in [0, 0.1) is 22.7 Å². The normalized spacial score (nSPS) is 14.3. The van der Waals surface area contributed by atoms with E-state index in [0.29, 0.717) is 21.8 Å². The van der Waals surface area contributed by atoms with Crippen molar-refractivity contribution in [3.8, 4) is 23.4 Å². The molecule has 0 fully saturated rings. The fourth-order valence-corrected chi connectivity index (χ4v) is 4.69. The maximum absolute atomic E-state index is 13.1. The van der Waals surface area contributed by atoms with Crippen molar-refractivity contribution < 1.29 is 19.4 Å². The standard InChI is InChI=1S/C27H21N5O3S.C2H6O/c1-2-34-27(33)24-22(35-25(30)20(14-29)23(24)19-9-6-12-31-15-19)16-36-26-18(13-28)10-11-21(32-26)17-7-4-3-5-8-17;1-2-3/h3-12,15,23H,2,16,30H2,1H3;3H,2H2,1H3. The minimum Gasteiger partial charge on any atom is -0.463 e. The third-order valence-electron chi connectivity index (χ3n) is 5.40. The van der Waals surface area contributed by atoms with Crippen LogP contribution in [-0.2, 0) is 14.3 Å². The Morgan fingerprint density at radius 1 is 1.13 bits per heavy atom. The van der Waals surface area contributed by atoms with Crippen LogP contribution in [0.15, 0.2) is 94.8 Å². The Morgan fingerprint density at radius 2 is 1.87 bits per heavy atom. The van der Waals surface area contributed by atoms with Gasteiger partial charge in [0.1, 0.15) is 28.5 Å². The lowest BCUT2D eigenvalue weighted by atomic mass is 9.84. The molecule has 3 aromatic rings. The minimum absolute atomic E-state index is 0.0958. The van der Waals surface area contributed by atoms with Gasteiger partial charge in [0.2, 0.25) is 5.88 Å². The largest absolute Gasteiger partial charge is 0.463 e. The average molecular weight is 542 g/mol. The Hall–Kier alpha value is -4.64. The van der Waals surface area contributed by atoms with Crippen molar-refractivity contribution in [3.63, 3.8) is 0 Å². The van der Waals surface area contributed by atoms with E-state index in [4.69, 9.17) is 20.3 Å². The second kappa shape index (κ2) is 14.3. The topological polar surface area (TPSA) is 155 Å². The van der Waals surface area contributed by atoms with E-state index in [1.807, 2.05) is 30.3 Å². The molecule has 1 unspecified atom stereocenters. The predicted octanol–water partition coefficient (Wildman–Crippen LogP) is 4.43. The van der Waals surface area contributed by atoms with Crippen LogP contribution < -0.4 is 5.73 Å². The average Bonchev–Trinajstić information content (AvgIpc) is 2.97. The van der Waals surface area contributed by atoms with Crippen molar-refractivity contribution in [2.45, 2.75) is 24.8 Å². The molecule has 39 heavy (non-hydrogen) atoms. The number of hydrogen-bond donors (Lipinski definition) is 2. The molecular formula is C29H27N5O4S. The Labute approximate surface area is 231 Å². The van der Waals surface area contributed by atoms with Crippen molar-refractivity contribution >= 4 is 17.7 Å². The zero-order valence-electron chi connectivity index (χ0n) is 21.5. The number of aliphatic hydroxyl groups is 1. The van der Waals surface area contributed by atoms with Crippen LogP contribution in [0.2, 0.25) is 0 Å². The molecule has 0 spiro atoms. The maximum Gasteiger partial charge on any atom is 0.338 e. The summed E-state index contributed by atoms with van der Waals surface area (Å²) in [7, 11) is 0. The summed E-state index contributed by atoms with van der Waals surface area (Å²) in [5.74, 6) is -1.15. The molecule has 0 amide bonds. The molecule has 3 N–H and O–H groups in total. The number of benzene rings is 1. The summed E-state index contributed by atoms with van der Waals surface area (Å²) in [5, 5.41) is 27.5. The lowest BCUT2D eigenvalue weighted by molar-refractivity contribution is -0.139. The quantitative estimate of drug-likeness (QED) is 0.324. The van der Waals surface area contributed by atoms with Gasteiger partial charge in [-0.25, -0.2) is 9.78 Å². The predicted molar refractivity (Wildman–Crippen MR) is 146 cm³/mol. The molecule has 1 aliphatic rings. The van der Waals surface area contributed by atoms with E-state index in [-0.39, 0.29) is 41.8 Å². The summed E-state index contributed by atoms with van der Waals surface area (Å²) < 4.78 is 11.1. The van der Waals surface area contributed by atoms with Gasteiger partial charge in [-0.2, -0.15) is 10.5 Å². The van der Waals surface area contributed by atoms with Gasteiger partial charge in [0.15, 0.2) is 0 Å². The number of pyridine rings is 2. The molecule has 0 saturated carbocycles. The van der Waals surface area contributed by atoms with Gasteiger partial charge in [-0.3, -0.25) is 4.98 Å². The summed E-state index contributed by atoms with van der Waals surface area (Å²) in [6.45, 7) is 3.77. The Morgan fingerprint density at radius 3 is 2.49 bits per heavy atom. The number of ether oxygens (including phenoxy) is 2. The molecule has 0 radical (unpaired) electrons. The van der Waals surface area contributed by atoms with Gasteiger partial charge in [-0.05, 0) is 37.6 Å². The number of allylic oxidation sites excluding steroid dienone is 1. The van der Waals surface area contributed by atoms with E-state index >= 15 is 0 Å². The van der Waals surface area contributed by atoms with Crippen molar-refractivity contribution in [3.05, 3.63) is 101 Å². The number of rotatable bonds is 7. The van der Waals surface area contributed by atoms with Crippen LogP contribution in [-0.4, -0.2) is 40.0 Å². The molecular weight excluding hydrogens is 514 g/mol. The number of hydrogen-bond acceptors (Lipinski definition) is 10. The first-order valence-electron chi connectivity index (χ1n) is 12.1. The van der Waals surface area contributed by atoms with Gasteiger partial charge in [0.25, 0.3) is 0 Å². The smallest absolute Gasteiger partial charge is 0.338 e. The Bertz CT molecular complexity index is 1440. The lowest BCUT2D eigenvalue weighted by Gasteiger charge is -2.27. The van der Waals surface area contributed by atoms with Crippen LogP contribution in [0.3, 0.4) is 0 Å². The second-order valence-electron chi connectivity index (χ2n) is 7.90. The third-order valence-corrected chi connectivity index (χ3v) is 6.39. The first-order valence-corrected chi connectivity index (χ1v) is 13.0. The molecule has 10 heteroatoms. The number of aromatic nitrogens is 2. The molecule has 0 aliphatic carbocycles. The van der Waals surface area contributed by atoms with E-state index in [1.54, 1.807) is 50.5 Å². The highest BCUT2D eigenvalue weighted by atomic mass is 32.2. The maximum atomic E-state index is 13.1. The fourth-order valence-electron chi connectivity index (χ4n) is 3.78. The number of aliphatic hydroxyl groups excluding tert-OH is 1. The number of nitrogens with zero attached hydrogens (tertiary/aromatic N) is 4. The molecule has 1 aromatic carbocycles. The van der Waals surface area contributed by atoms with Gasteiger partial charge in [0, 0.05) is 24.6 Å². The zero-order valence-corrected chi connectivity index (χ0v) is 22.3. The lowest BCUT2D eigenvalue weighted by Crippen LogP contribution is -2.27. The summed E-state index contributed by atoms with van der Waals surface area (Å²) in [4.78, 5) is 21.9. The Kier molecular flexibility index (Phi) is 10.6. The first-order chi connectivity index (χ1) is 19.0. The van der Waals surface area contributed by atoms with Crippen molar-refractivity contribution in [2.24, 2.45) is 5.73 Å². The van der Waals surface area contributed by atoms with Crippen molar-refractivity contribution in [1.29, 1.82) is 10.5 Å². The van der Waals surface area contributed by atoms with E-state index in [1.165, 1.54) is 11.8 Å². The highest BCUT2D eigenvalue weighted by Crippen LogP contribution is 2.41. The van der Waals surface area contributed by atoms with Crippen LogP contribution in [0.4, 0.5) is 0 Å². The summed E-state index contributed by atoms with van der Waals surface area (Å²) in [6.07, 6.45) is 3.17. The monoisotopic (exact) mass is 541 g/mol. The molecule has 0 saturated heterocycles. The molecule has 1 atom stereocenters. The van der Waals surface area contributed by atoms with Crippen LogP contribution in [0.5, 0.6) is 0 Å². The van der Waals surface area contributed by atoms with E-state index in [0.717, 1.165) is 5.56 Å². The number of carbonyl (C=O) groups is 1. The molecule has 2 aromatic heterocycles. The van der Waals surface area contributed by atoms with Crippen LogP contribution in [0.25, 0.3) is 11.3 Å². The second-order valence-corrected chi connectivity index (χ2v) is 8.86. The van der Waals surface area contributed by atoms with E-state index in [2.05, 4.69) is 22.1 Å². The van der Waals surface area contributed by atoms with Crippen molar-refractivity contribution in [2.75, 3.05) is 19.0 Å². The number of nitriles is 2. The van der Waals surface area contributed by atoms with Gasteiger partial charge in [0.05, 0.1) is 35.1 Å². The van der Waals surface area contributed by atoms with Crippen LogP contribution in [0.1, 0.15) is 30.9 Å². The molecule has 1 aliphatic heterocycles. The van der Waals surface area contributed by atoms with Gasteiger partial charge in [-0.15, -0.1) is 0 Å². The van der Waals surface area contributed by atoms with Gasteiger partial charge >= 0.3 is 5.97 Å². The van der Waals surface area contributed by atoms with Gasteiger partial charge in [-0.1, -0.05) is 48.2 Å². The Balaban J connectivity index is 0.00000134. The van der Waals surface area contributed by atoms with Gasteiger partial charge < -0.3 is 20.3 Å². The summed E-state index contributed by atoms with van der Waals surface area (Å²) in [6, 6.07) is 20.8. The molecule has 198 valence electrons. The molecule has 0 bridgehead atoms. The summed E-state index contributed by atoms with van der Waals surface area (Å²) >= 11 is 1.23. The van der Waals surface area contributed by atoms with Crippen LogP contribution >= 0.6 is 11.8 Å². The fraction of sp³-hybridized carbons (Fsp3) is 0.207. The molecule has 9 nitrogen and oxygen atoms in total. The van der Waals surface area contributed by atoms with Crippen molar-refractivity contribution in [1.82, 2.24) is 9.97 Å². The third kappa shape index (κ3) is 7.02. The molecule has 4 rings (SSSR count). The highest BCUT2D eigenvalue weighted by Gasteiger charge is 2.37. The van der Waals surface area contributed by atoms with E-state index in [9.17, 15) is 15.3 Å².